The van der Waals surface area contributed by atoms with Crippen LogP contribution in [0.5, 0.6) is 0 Å². The summed E-state index contributed by atoms with van der Waals surface area (Å²) in [5.41, 5.74) is 1.34. The molecule has 66 valence electrons. The van der Waals surface area contributed by atoms with E-state index in [9.17, 15) is 13.6 Å². The zero-order chi connectivity index (χ0) is 9.19. The van der Waals surface area contributed by atoms with Crippen LogP contribution < -0.4 is 5.32 Å². The van der Waals surface area contributed by atoms with Crippen LogP contribution in [0.4, 0.5) is 13.9 Å². The molecule has 1 N–H and O–H groups in total. The summed E-state index contributed by atoms with van der Waals surface area (Å²) in [6.45, 7) is 0.517. The van der Waals surface area contributed by atoms with E-state index in [1.807, 2.05) is 5.32 Å². The van der Waals surface area contributed by atoms with Gasteiger partial charge in [0.25, 0.3) is 5.91 Å². The van der Waals surface area contributed by atoms with Crippen LogP contribution in [0.25, 0.3) is 0 Å². The van der Waals surface area contributed by atoms with Gasteiger partial charge in [0.2, 0.25) is 5.13 Å². The van der Waals surface area contributed by atoms with E-state index in [-0.39, 0.29) is 5.13 Å². The van der Waals surface area contributed by atoms with Gasteiger partial charge in [0.1, 0.15) is 5.51 Å². The van der Waals surface area contributed by atoms with Gasteiger partial charge in [0, 0.05) is 6.92 Å². The lowest BCUT2D eigenvalue weighted by Gasteiger charge is -2.07. The summed E-state index contributed by atoms with van der Waals surface area (Å²) in [6, 6.07) is 0. The first-order valence-electron chi connectivity index (χ1n) is 2.95. The van der Waals surface area contributed by atoms with Gasteiger partial charge >= 0.3 is 5.92 Å². The van der Waals surface area contributed by atoms with Gasteiger partial charge in [-0.05, 0) is 0 Å². The van der Waals surface area contributed by atoms with Crippen molar-refractivity contribution in [2.75, 3.05) is 5.32 Å². The van der Waals surface area contributed by atoms with E-state index in [0.29, 0.717) is 6.92 Å². The lowest BCUT2D eigenvalue weighted by Crippen LogP contribution is -2.31. The molecule has 0 saturated heterocycles. The van der Waals surface area contributed by atoms with E-state index in [1.165, 1.54) is 5.51 Å². The van der Waals surface area contributed by atoms with Crippen molar-refractivity contribution in [2.24, 2.45) is 0 Å². The molecule has 0 atom stereocenters. The summed E-state index contributed by atoms with van der Waals surface area (Å²) in [6.07, 6.45) is 0. The van der Waals surface area contributed by atoms with E-state index in [2.05, 4.69) is 10.2 Å². The molecule has 12 heavy (non-hydrogen) atoms. The molecule has 0 aromatic carbocycles. The van der Waals surface area contributed by atoms with Crippen LogP contribution in [-0.2, 0) is 4.79 Å². The van der Waals surface area contributed by atoms with Crippen LogP contribution in [0, 0.1) is 0 Å². The van der Waals surface area contributed by atoms with E-state index >= 15 is 0 Å². The average molecular weight is 193 g/mol. The van der Waals surface area contributed by atoms with Crippen molar-refractivity contribution in [3.63, 3.8) is 0 Å². The zero-order valence-electron chi connectivity index (χ0n) is 6.04. The standard InChI is InChI=1S/C5H5F2N3OS/c1-5(6,7)3(11)9-4-10-8-2-12-4/h2H,1H3,(H,9,10,11). The lowest BCUT2D eigenvalue weighted by atomic mass is 10.4. The molecule has 0 radical (unpaired) electrons. The summed E-state index contributed by atoms with van der Waals surface area (Å²) in [7, 11) is 0. The van der Waals surface area contributed by atoms with E-state index in [1.54, 1.807) is 0 Å². The summed E-state index contributed by atoms with van der Waals surface area (Å²) in [4.78, 5) is 10.6. The Morgan fingerprint density at radius 3 is 2.83 bits per heavy atom. The van der Waals surface area contributed by atoms with Gasteiger partial charge in [-0.15, -0.1) is 10.2 Å². The van der Waals surface area contributed by atoms with E-state index < -0.39 is 11.8 Å². The van der Waals surface area contributed by atoms with Crippen LogP contribution in [0.15, 0.2) is 5.51 Å². The fourth-order valence-electron chi connectivity index (χ4n) is 0.434. The van der Waals surface area contributed by atoms with Crippen LogP contribution >= 0.6 is 11.3 Å². The van der Waals surface area contributed by atoms with Gasteiger partial charge in [-0.3, -0.25) is 10.1 Å². The molecule has 1 aromatic rings. The number of anilines is 1. The lowest BCUT2D eigenvalue weighted by molar-refractivity contribution is -0.137. The maximum atomic E-state index is 12.3. The van der Waals surface area contributed by atoms with Gasteiger partial charge in [-0.2, -0.15) is 8.78 Å². The minimum Gasteiger partial charge on any atom is -0.295 e. The first-order chi connectivity index (χ1) is 5.50. The minimum absolute atomic E-state index is 0.0709. The Bertz CT molecular complexity index is 269. The highest BCUT2D eigenvalue weighted by atomic mass is 32.1. The molecule has 1 rings (SSSR count). The highest BCUT2D eigenvalue weighted by molar-refractivity contribution is 7.13. The molecular weight excluding hydrogens is 188 g/mol. The Morgan fingerprint density at radius 1 is 1.75 bits per heavy atom. The normalized spacial score (nSPS) is 11.2. The summed E-state index contributed by atoms with van der Waals surface area (Å²) in [5.74, 6) is -4.76. The van der Waals surface area contributed by atoms with E-state index in [0.717, 1.165) is 11.3 Å². The highest BCUT2D eigenvalue weighted by Crippen LogP contribution is 2.16. The Labute approximate surface area is 70.6 Å². The molecule has 1 amide bonds. The van der Waals surface area contributed by atoms with Gasteiger partial charge in [0.05, 0.1) is 0 Å². The molecule has 0 bridgehead atoms. The summed E-state index contributed by atoms with van der Waals surface area (Å²) >= 11 is 0.980. The second kappa shape index (κ2) is 3.10. The summed E-state index contributed by atoms with van der Waals surface area (Å²) < 4.78 is 24.5. The predicted molar refractivity (Wildman–Crippen MR) is 39.2 cm³/mol. The Kier molecular flexibility index (Phi) is 2.32. The molecule has 1 heterocycles. The number of alkyl halides is 2. The number of nitrogens with one attached hydrogen (secondary N) is 1. The number of carbonyl (C=O) groups excluding carboxylic acids is 1. The van der Waals surface area contributed by atoms with Gasteiger partial charge < -0.3 is 0 Å². The maximum absolute atomic E-state index is 12.3. The third-order valence-corrected chi connectivity index (χ3v) is 1.59. The number of halogens is 2. The Hall–Kier alpha value is -1.11. The van der Waals surface area contributed by atoms with Crippen molar-refractivity contribution in [3.8, 4) is 0 Å². The predicted octanol–water partition coefficient (Wildman–Crippen LogP) is 1.13. The second-order valence-electron chi connectivity index (χ2n) is 2.09. The van der Waals surface area contributed by atoms with Gasteiger partial charge in [0.15, 0.2) is 0 Å². The van der Waals surface area contributed by atoms with Crippen LogP contribution in [0.3, 0.4) is 0 Å². The number of carbonyl (C=O) groups is 1. The maximum Gasteiger partial charge on any atom is 0.322 e. The smallest absolute Gasteiger partial charge is 0.295 e. The SMILES string of the molecule is CC(F)(F)C(=O)Nc1nncs1. The molecule has 4 nitrogen and oxygen atoms in total. The molecule has 0 aliphatic carbocycles. The number of hydrogen-bond donors (Lipinski definition) is 1. The van der Waals surface area contributed by atoms with Crippen molar-refractivity contribution in [2.45, 2.75) is 12.8 Å². The number of amides is 1. The third-order valence-electron chi connectivity index (χ3n) is 0.979. The van der Waals surface area contributed by atoms with E-state index in [4.69, 9.17) is 0 Å². The quantitative estimate of drug-likeness (QED) is 0.766. The topological polar surface area (TPSA) is 54.9 Å². The molecule has 0 aliphatic heterocycles. The molecular formula is C5H5F2N3OS. The van der Waals surface area contributed by atoms with Crippen molar-refractivity contribution >= 4 is 22.4 Å². The fraction of sp³-hybridized carbons (Fsp3) is 0.400. The fourth-order valence-corrected chi connectivity index (χ4v) is 0.874. The van der Waals surface area contributed by atoms with Crippen LogP contribution in [0.1, 0.15) is 6.92 Å². The zero-order valence-corrected chi connectivity index (χ0v) is 6.86. The first-order valence-corrected chi connectivity index (χ1v) is 3.83. The van der Waals surface area contributed by atoms with Crippen molar-refractivity contribution in [3.05, 3.63) is 5.51 Å². The van der Waals surface area contributed by atoms with Crippen LogP contribution in [0.2, 0.25) is 0 Å². The van der Waals surface area contributed by atoms with Gasteiger partial charge in [-0.25, -0.2) is 0 Å². The molecule has 1 aromatic heterocycles. The third kappa shape index (κ3) is 2.19. The Morgan fingerprint density at radius 2 is 2.42 bits per heavy atom. The molecule has 0 fully saturated rings. The van der Waals surface area contributed by atoms with Crippen molar-refractivity contribution in [1.82, 2.24) is 10.2 Å². The van der Waals surface area contributed by atoms with Gasteiger partial charge in [-0.1, -0.05) is 11.3 Å². The number of aromatic nitrogens is 2. The molecule has 0 spiro atoms. The number of hydrogen-bond acceptors (Lipinski definition) is 4. The molecule has 0 saturated carbocycles. The molecule has 0 unspecified atom stereocenters. The number of nitrogens with zero attached hydrogens (tertiary/aromatic N) is 2. The minimum atomic E-state index is -3.38. The largest absolute Gasteiger partial charge is 0.322 e. The summed E-state index contributed by atoms with van der Waals surface area (Å²) in [5, 5.41) is 8.73. The monoisotopic (exact) mass is 193 g/mol. The second-order valence-corrected chi connectivity index (χ2v) is 2.92. The molecule has 7 heteroatoms. The van der Waals surface area contributed by atoms with Crippen molar-refractivity contribution in [1.29, 1.82) is 0 Å². The van der Waals surface area contributed by atoms with Crippen molar-refractivity contribution < 1.29 is 13.6 Å². The molecule has 0 aliphatic rings. The highest BCUT2D eigenvalue weighted by Gasteiger charge is 2.32. The van der Waals surface area contributed by atoms with Crippen LogP contribution in [-0.4, -0.2) is 22.0 Å². The Balaban J connectivity index is 2.60. The average Bonchev–Trinajstić information content (AvgIpc) is 2.37. The number of rotatable bonds is 2. The first kappa shape index (κ1) is 8.98.